The number of ether oxygens (including phenoxy) is 8. The van der Waals surface area contributed by atoms with Crippen molar-refractivity contribution < 1.29 is 42.7 Å². The molecule has 0 bridgehead atoms. The van der Waals surface area contributed by atoms with Gasteiger partial charge in [0.1, 0.15) is 6.61 Å². The normalized spacial score (nSPS) is 12.2. The average molecular weight is 425 g/mol. The molecule has 174 valence electrons. The lowest BCUT2D eigenvalue weighted by Gasteiger charge is -2.10. The van der Waals surface area contributed by atoms with Crippen LogP contribution in [0.2, 0.25) is 0 Å². The molecule has 0 aromatic heterocycles. The van der Waals surface area contributed by atoms with Gasteiger partial charge in [-0.3, -0.25) is 0 Å². The average Bonchev–Trinajstić information content (AvgIpc) is 2.74. The first kappa shape index (κ1) is 28.2. The van der Waals surface area contributed by atoms with Gasteiger partial charge in [-0.1, -0.05) is 20.3 Å². The predicted octanol–water partition coefficient (Wildman–Crippen LogP) is 1.32. The highest BCUT2D eigenvalue weighted by Crippen LogP contribution is 1.99. The number of carbonyl (C=O) groups is 1. The second kappa shape index (κ2) is 23.5. The molecule has 0 aromatic rings. The number of hydrogen-bond donors (Lipinski definition) is 0. The van der Waals surface area contributed by atoms with Gasteiger partial charge in [0.05, 0.1) is 86.4 Å². The molecule has 29 heavy (non-hydrogen) atoms. The first-order chi connectivity index (χ1) is 14.2. The van der Waals surface area contributed by atoms with Crippen LogP contribution in [0.5, 0.6) is 0 Å². The van der Waals surface area contributed by atoms with Gasteiger partial charge in [0.2, 0.25) is 0 Å². The molecule has 0 aliphatic rings. The first-order valence-corrected chi connectivity index (χ1v) is 10.3. The van der Waals surface area contributed by atoms with Crippen LogP contribution in [0, 0.1) is 5.92 Å². The third-order valence-corrected chi connectivity index (χ3v) is 3.78. The summed E-state index contributed by atoms with van der Waals surface area (Å²) >= 11 is 0. The quantitative estimate of drug-likeness (QED) is 0.178. The fourth-order valence-electron chi connectivity index (χ4n) is 1.83. The van der Waals surface area contributed by atoms with Crippen molar-refractivity contribution in [2.75, 3.05) is 99.6 Å². The molecule has 9 nitrogen and oxygen atoms in total. The molecule has 1 unspecified atom stereocenters. The van der Waals surface area contributed by atoms with Crippen molar-refractivity contribution in [1.82, 2.24) is 0 Å². The maximum Gasteiger partial charge on any atom is 0.331 e. The van der Waals surface area contributed by atoms with E-state index < -0.39 is 5.97 Å². The standard InChI is InChI=1S/C20H40O9/c1-4-19(2)17-28-15-13-26-11-9-24-7-5-23-6-8-25-10-12-27-14-16-29-18-20(21)22-3/h19H,4-18H2,1-3H3. The molecule has 0 spiro atoms. The third-order valence-electron chi connectivity index (χ3n) is 3.78. The lowest BCUT2D eigenvalue weighted by atomic mass is 10.1. The molecule has 0 saturated carbocycles. The number of carbonyl (C=O) groups excluding carboxylic acids is 1. The molecule has 0 saturated heterocycles. The molecule has 0 rings (SSSR count). The van der Waals surface area contributed by atoms with Crippen LogP contribution in [-0.4, -0.2) is 106 Å². The number of methoxy groups -OCH3 is 1. The van der Waals surface area contributed by atoms with Crippen molar-refractivity contribution in [1.29, 1.82) is 0 Å². The van der Waals surface area contributed by atoms with E-state index in [2.05, 4.69) is 18.6 Å². The van der Waals surface area contributed by atoms with Gasteiger partial charge >= 0.3 is 5.97 Å². The first-order valence-electron chi connectivity index (χ1n) is 10.3. The maximum atomic E-state index is 10.8. The molecule has 0 N–H and O–H groups in total. The molecule has 0 heterocycles. The maximum absolute atomic E-state index is 10.8. The minimum Gasteiger partial charge on any atom is -0.467 e. The van der Waals surface area contributed by atoms with Crippen molar-refractivity contribution in [2.45, 2.75) is 20.3 Å². The fourth-order valence-corrected chi connectivity index (χ4v) is 1.83. The Bertz CT molecular complexity index is 342. The van der Waals surface area contributed by atoms with E-state index >= 15 is 0 Å². The minimum absolute atomic E-state index is 0.0576. The van der Waals surface area contributed by atoms with Crippen molar-refractivity contribution in [2.24, 2.45) is 5.92 Å². The Labute approximate surface area is 175 Å². The Balaban J connectivity index is 3.04. The number of rotatable bonds is 23. The second-order valence-corrected chi connectivity index (χ2v) is 6.28. The molecule has 0 radical (unpaired) electrons. The summed E-state index contributed by atoms with van der Waals surface area (Å²) in [5.41, 5.74) is 0. The highest BCUT2D eigenvalue weighted by molar-refractivity contribution is 5.70. The van der Waals surface area contributed by atoms with E-state index in [-0.39, 0.29) is 6.61 Å². The summed E-state index contributed by atoms with van der Waals surface area (Å²) in [5.74, 6) is 0.201. The molecule has 0 aliphatic heterocycles. The predicted molar refractivity (Wildman–Crippen MR) is 107 cm³/mol. The fraction of sp³-hybridized carbons (Fsp3) is 0.950. The van der Waals surface area contributed by atoms with Gasteiger partial charge in [-0.15, -0.1) is 0 Å². The highest BCUT2D eigenvalue weighted by atomic mass is 16.6. The molecular formula is C20H40O9. The highest BCUT2D eigenvalue weighted by Gasteiger charge is 1.99. The van der Waals surface area contributed by atoms with Crippen molar-refractivity contribution in [3.63, 3.8) is 0 Å². The molecule has 0 amide bonds. The molecule has 0 aromatic carbocycles. The van der Waals surface area contributed by atoms with Crippen LogP contribution in [0.4, 0.5) is 0 Å². The zero-order chi connectivity index (χ0) is 21.4. The Morgan fingerprint density at radius 1 is 0.621 bits per heavy atom. The van der Waals surface area contributed by atoms with Crippen LogP contribution in [-0.2, 0) is 42.7 Å². The van der Waals surface area contributed by atoms with Crippen molar-refractivity contribution in [3.05, 3.63) is 0 Å². The lowest BCUT2D eigenvalue weighted by Crippen LogP contribution is -2.16. The van der Waals surface area contributed by atoms with Gasteiger partial charge in [-0.05, 0) is 5.92 Å². The van der Waals surface area contributed by atoms with Crippen molar-refractivity contribution >= 4 is 5.97 Å². The van der Waals surface area contributed by atoms with Crippen LogP contribution in [0.25, 0.3) is 0 Å². The summed E-state index contributed by atoms with van der Waals surface area (Å²) in [7, 11) is 1.32. The van der Waals surface area contributed by atoms with Crippen LogP contribution in [0.15, 0.2) is 0 Å². The Hall–Kier alpha value is -0.810. The van der Waals surface area contributed by atoms with Gasteiger partial charge in [0.25, 0.3) is 0 Å². The van der Waals surface area contributed by atoms with E-state index in [1.807, 2.05) is 0 Å². The Morgan fingerprint density at radius 2 is 0.966 bits per heavy atom. The molecule has 0 aliphatic carbocycles. The summed E-state index contributed by atoms with van der Waals surface area (Å²) < 4.78 is 41.9. The molecule has 9 heteroatoms. The number of hydrogen-bond acceptors (Lipinski definition) is 9. The Kier molecular flexibility index (Phi) is 22.8. The minimum atomic E-state index is -0.398. The van der Waals surface area contributed by atoms with E-state index in [1.165, 1.54) is 7.11 Å². The zero-order valence-corrected chi connectivity index (χ0v) is 18.4. The van der Waals surface area contributed by atoms with Crippen LogP contribution >= 0.6 is 0 Å². The van der Waals surface area contributed by atoms with E-state index in [4.69, 9.17) is 33.2 Å². The lowest BCUT2D eigenvalue weighted by molar-refractivity contribution is -0.146. The van der Waals surface area contributed by atoms with Crippen LogP contribution in [0.3, 0.4) is 0 Å². The smallest absolute Gasteiger partial charge is 0.331 e. The van der Waals surface area contributed by atoms with Crippen LogP contribution < -0.4 is 0 Å². The van der Waals surface area contributed by atoms with Gasteiger partial charge in [0, 0.05) is 6.61 Å². The summed E-state index contributed by atoms with van der Waals surface area (Å²) in [6.45, 7) is 11.2. The van der Waals surface area contributed by atoms with Crippen LogP contribution in [0.1, 0.15) is 20.3 Å². The van der Waals surface area contributed by atoms with E-state index in [1.54, 1.807) is 0 Å². The summed E-state index contributed by atoms with van der Waals surface area (Å²) in [6, 6.07) is 0. The van der Waals surface area contributed by atoms with E-state index in [0.717, 1.165) is 13.0 Å². The zero-order valence-electron chi connectivity index (χ0n) is 18.4. The van der Waals surface area contributed by atoms with Gasteiger partial charge in [0.15, 0.2) is 0 Å². The monoisotopic (exact) mass is 424 g/mol. The summed E-state index contributed by atoms with van der Waals surface area (Å²) in [5, 5.41) is 0. The van der Waals surface area contributed by atoms with Gasteiger partial charge in [-0.2, -0.15) is 0 Å². The molecule has 0 fully saturated rings. The second-order valence-electron chi connectivity index (χ2n) is 6.28. The SMILES string of the molecule is CCC(C)COCCOCCOCCOCCOCCOCCOCC(=O)OC. The van der Waals surface area contributed by atoms with E-state index in [9.17, 15) is 4.79 Å². The Morgan fingerprint density at radius 3 is 1.31 bits per heavy atom. The topological polar surface area (TPSA) is 90.9 Å². The summed E-state index contributed by atoms with van der Waals surface area (Å²) in [4.78, 5) is 10.8. The van der Waals surface area contributed by atoms with Crippen molar-refractivity contribution in [3.8, 4) is 0 Å². The van der Waals surface area contributed by atoms with Gasteiger partial charge < -0.3 is 37.9 Å². The van der Waals surface area contributed by atoms with E-state index in [0.29, 0.717) is 85.2 Å². The summed E-state index contributed by atoms with van der Waals surface area (Å²) in [6.07, 6.45) is 1.13. The largest absolute Gasteiger partial charge is 0.467 e. The van der Waals surface area contributed by atoms with Gasteiger partial charge in [-0.25, -0.2) is 4.79 Å². The number of esters is 1. The molecular weight excluding hydrogens is 384 g/mol. The third kappa shape index (κ3) is 23.3. The molecule has 1 atom stereocenters.